The van der Waals surface area contributed by atoms with Gasteiger partial charge in [0.15, 0.2) is 0 Å². The van der Waals surface area contributed by atoms with Gasteiger partial charge in [0.1, 0.15) is 0 Å². The topological polar surface area (TPSA) is 0 Å². The molecule has 14 aromatic rings. The molecule has 0 saturated heterocycles. The largest absolute Gasteiger partial charge is 0.0616 e. The van der Waals surface area contributed by atoms with Gasteiger partial charge >= 0.3 is 0 Å². The van der Waals surface area contributed by atoms with E-state index in [2.05, 4.69) is 267 Å². The van der Waals surface area contributed by atoms with Crippen molar-refractivity contribution in [3.63, 3.8) is 0 Å². The molecule has 0 fully saturated rings. The van der Waals surface area contributed by atoms with Crippen molar-refractivity contribution in [3.05, 3.63) is 267 Å². The van der Waals surface area contributed by atoms with Crippen molar-refractivity contribution in [2.24, 2.45) is 0 Å². The minimum atomic E-state index is 1.20. The Balaban J connectivity index is 0.840. The van der Waals surface area contributed by atoms with E-state index in [1.165, 1.54) is 142 Å². The second-order valence-electron chi connectivity index (χ2n) is 18.7. The Labute approximate surface area is 407 Å². The highest BCUT2D eigenvalue weighted by atomic mass is 14.2. The highest BCUT2D eigenvalue weighted by molar-refractivity contribution is 6.23. The van der Waals surface area contributed by atoms with Gasteiger partial charge in [-0.3, -0.25) is 0 Å². The standard InChI is InChI=1S/C70H44/c1-3-17-51-43-53(39-29-45(51)15-1)69-63-25-11-7-21-59(63)67(60-22-8-12-26-64(60)69)49-35-31-47(32-36-49)55-41-42-56(58-20-6-5-19-57(55)58)48-33-37-50(38-34-48)68-61-23-9-13-27-65(61)70(66-28-14-10-24-62(66)68)54-40-30-46-16-2-4-18-52(46)44-54/h1-44H. The summed E-state index contributed by atoms with van der Waals surface area (Å²) >= 11 is 0. The molecule has 0 aromatic heterocycles. The van der Waals surface area contributed by atoms with E-state index >= 15 is 0 Å². The Morgan fingerprint density at radius 2 is 0.371 bits per heavy atom. The molecule has 0 aliphatic carbocycles. The van der Waals surface area contributed by atoms with Gasteiger partial charge in [0.25, 0.3) is 0 Å². The summed E-state index contributed by atoms with van der Waals surface area (Å²) in [5.74, 6) is 0. The normalized spacial score (nSPS) is 11.7. The molecule has 0 N–H and O–H groups in total. The molecule has 0 aliphatic heterocycles. The lowest BCUT2D eigenvalue weighted by molar-refractivity contribution is 1.61. The predicted octanol–water partition coefficient (Wildman–Crippen LogP) is 19.8. The summed E-state index contributed by atoms with van der Waals surface area (Å²) in [6.07, 6.45) is 0. The van der Waals surface area contributed by atoms with E-state index in [0.717, 1.165) is 0 Å². The maximum Gasteiger partial charge on any atom is -0.00262 e. The zero-order chi connectivity index (χ0) is 46.1. The van der Waals surface area contributed by atoms with Gasteiger partial charge in [-0.2, -0.15) is 0 Å². The van der Waals surface area contributed by atoms with Crippen LogP contribution in [0.25, 0.3) is 142 Å². The van der Waals surface area contributed by atoms with Crippen molar-refractivity contribution in [1.29, 1.82) is 0 Å². The Hall–Kier alpha value is -9.10. The molecule has 14 rings (SSSR count). The van der Waals surface area contributed by atoms with Crippen LogP contribution in [0.3, 0.4) is 0 Å². The molecule has 70 heavy (non-hydrogen) atoms. The maximum atomic E-state index is 2.35. The zero-order valence-electron chi connectivity index (χ0n) is 38.4. The Morgan fingerprint density at radius 1 is 0.143 bits per heavy atom. The third-order valence-electron chi connectivity index (χ3n) is 14.8. The third-order valence-corrected chi connectivity index (χ3v) is 14.8. The van der Waals surface area contributed by atoms with E-state index in [9.17, 15) is 0 Å². The molecule has 0 atom stereocenters. The molecular weight excluding hydrogens is 841 g/mol. The van der Waals surface area contributed by atoms with Crippen molar-refractivity contribution < 1.29 is 0 Å². The van der Waals surface area contributed by atoms with E-state index in [1.807, 2.05) is 0 Å². The number of hydrogen-bond donors (Lipinski definition) is 0. The number of fused-ring (bicyclic) bond motifs is 7. The highest BCUT2D eigenvalue weighted by Crippen LogP contribution is 2.47. The maximum absolute atomic E-state index is 2.35. The van der Waals surface area contributed by atoms with Crippen LogP contribution in [-0.4, -0.2) is 0 Å². The monoisotopic (exact) mass is 884 g/mol. The van der Waals surface area contributed by atoms with Crippen molar-refractivity contribution >= 4 is 75.4 Å². The van der Waals surface area contributed by atoms with Crippen LogP contribution in [0, 0.1) is 0 Å². The van der Waals surface area contributed by atoms with Crippen LogP contribution in [0.15, 0.2) is 267 Å². The molecule has 0 heterocycles. The Kier molecular flexibility index (Phi) is 9.32. The summed E-state index contributed by atoms with van der Waals surface area (Å²) in [5, 5.41) is 17.6. The summed E-state index contributed by atoms with van der Waals surface area (Å²) in [6.45, 7) is 0. The molecule has 0 spiro atoms. The summed E-state index contributed by atoms with van der Waals surface area (Å²) in [4.78, 5) is 0. The minimum Gasteiger partial charge on any atom is -0.0616 e. The van der Waals surface area contributed by atoms with Crippen LogP contribution in [0.4, 0.5) is 0 Å². The van der Waals surface area contributed by atoms with Crippen LogP contribution in [0.1, 0.15) is 0 Å². The average molecular weight is 885 g/mol. The fourth-order valence-corrected chi connectivity index (χ4v) is 11.6. The first-order valence-corrected chi connectivity index (χ1v) is 24.3. The minimum absolute atomic E-state index is 1.20. The van der Waals surface area contributed by atoms with Gasteiger partial charge in [-0.15, -0.1) is 0 Å². The van der Waals surface area contributed by atoms with Gasteiger partial charge in [0, 0.05) is 0 Å². The molecule has 324 valence electrons. The van der Waals surface area contributed by atoms with E-state index in [1.54, 1.807) is 0 Å². The van der Waals surface area contributed by atoms with E-state index in [-0.39, 0.29) is 0 Å². The summed E-state index contributed by atoms with van der Waals surface area (Å²) in [7, 11) is 0. The molecule has 0 bridgehead atoms. The van der Waals surface area contributed by atoms with Crippen LogP contribution >= 0.6 is 0 Å². The summed E-state index contributed by atoms with van der Waals surface area (Å²) < 4.78 is 0. The van der Waals surface area contributed by atoms with Gasteiger partial charge in [-0.1, -0.05) is 255 Å². The van der Waals surface area contributed by atoms with Gasteiger partial charge in [-0.05, 0) is 154 Å². The molecule has 0 amide bonds. The Bertz CT molecular complexity index is 3980. The first-order chi connectivity index (χ1) is 34.7. The molecular formula is C70H44. The van der Waals surface area contributed by atoms with Gasteiger partial charge in [0.05, 0.1) is 0 Å². The fraction of sp³-hybridized carbons (Fsp3) is 0. The number of hydrogen-bond acceptors (Lipinski definition) is 0. The van der Waals surface area contributed by atoms with Crippen LogP contribution in [0.5, 0.6) is 0 Å². The van der Waals surface area contributed by atoms with Gasteiger partial charge in [0.2, 0.25) is 0 Å². The molecule has 14 aromatic carbocycles. The van der Waals surface area contributed by atoms with Gasteiger partial charge < -0.3 is 0 Å². The van der Waals surface area contributed by atoms with Crippen LogP contribution in [-0.2, 0) is 0 Å². The molecule has 0 aliphatic rings. The predicted molar refractivity (Wildman–Crippen MR) is 302 cm³/mol. The molecule has 0 heteroatoms. The van der Waals surface area contributed by atoms with E-state index in [0.29, 0.717) is 0 Å². The Morgan fingerprint density at radius 3 is 0.686 bits per heavy atom. The summed E-state index contributed by atoms with van der Waals surface area (Å²) in [5.41, 5.74) is 14.9. The van der Waals surface area contributed by atoms with Crippen molar-refractivity contribution in [1.82, 2.24) is 0 Å². The van der Waals surface area contributed by atoms with Crippen molar-refractivity contribution in [2.75, 3.05) is 0 Å². The van der Waals surface area contributed by atoms with Crippen LogP contribution < -0.4 is 0 Å². The lowest BCUT2D eigenvalue weighted by Gasteiger charge is -2.19. The first kappa shape index (κ1) is 40.0. The second-order valence-corrected chi connectivity index (χ2v) is 18.7. The lowest BCUT2D eigenvalue weighted by Crippen LogP contribution is -1.91. The SMILES string of the molecule is c1ccc2cc(-c3c4ccccc4c(-c4ccc(-c5ccc(-c6ccc(-c7c8ccccc8c(-c8ccc9ccccc9c8)c8ccccc78)cc6)c6ccccc56)cc4)c4ccccc34)ccc2c1. The van der Waals surface area contributed by atoms with Crippen LogP contribution in [0.2, 0.25) is 0 Å². The average Bonchev–Trinajstić information content (AvgIpc) is 3.43. The zero-order valence-corrected chi connectivity index (χ0v) is 38.4. The highest BCUT2D eigenvalue weighted by Gasteiger charge is 2.20. The second kappa shape index (κ2) is 16.3. The van der Waals surface area contributed by atoms with Crippen molar-refractivity contribution in [3.8, 4) is 66.8 Å². The molecule has 0 saturated carbocycles. The van der Waals surface area contributed by atoms with Crippen molar-refractivity contribution in [2.45, 2.75) is 0 Å². The number of rotatable bonds is 6. The quantitative estimate of drug-likeness (QED) is 0.146. The fourth-order valence-electron chi connectivity index (χ4n) is 11.6. The number of benzene rings is 14. The molecule has 0 radical (unpaired) electrons. The molecule has 0 unspecified atom stereocenters. The smallest absolute Gasteiger partial charge is 0.00262 e. The first-order valence-electron chi connectivity index (χ1n) is 24.3. The summed E-state index contributed by atoms with van der Waals surface area (Å²) in [6, 6.07) is 98.8. The lowest BCUT2D eigenvalue weighted by atomic mass is 9.85. The van der Waals surface area contributed by atoms with Gasteiger partial charge in [-0.25, -0.2) is 0 Å². The van der Waals surface area contributed by atoms with E-state index < -0.39 is 0 Å². The third kappa shape index (κ3) is 6.45. The molecule has 0 nitrogen and oxygen atoms in total. The van der Waals surface area contributed by atoms with E-state index in [4.69, 9.17) is 0 Å².